The average Bonchev–Trinajstić information content (AvgIpc) is 2.80. The lowest BCUT2D eigenvalue weighted by molar-refractivity contribution is 0.374. The van der Waals surface area contributed by atoms with Crippen LogP contribution in [0.3, 0.4) is 0 Å². The largest absolute Gasteiger partial charge is 0.504 e. The zero-order valence-corrected chi connectivity index (χ0v) is 16.5. The number of benzene rings is 2. The van der Waals surface area contributed by atoms with E-state index < -0.39 is 0 Å². The molecule has 0 aliphatic carbocycles. The first-order valence-electron chi connectivity index (χ1n) is 9.27. The molecule has 150 valence electrons. The standard InChI is InChI=1S/C24H20N2O4/c1-29-21-7-3-5-17(23(21)27)15-9-11-19(25-13-15)20-12-10-16(14-26-20)18-6-4-8-22(30-2)24(18)28/h3-14,27-28H,1-2H3. The summed E-state index contributed by atoms with van der Waals surface area (Å²) in [6.45, 7) is 0. The summed E-state index contributed by atoms with van der Waals surface area (Å²) in [6, 6.07) is 18.1. The Morgan fingerprint density at radius 2 is 1.03 bits per heavy atom. The van der Waals surface area contributed by atoms with Crippen LogP contribution in [-0.2, 0) is 0 Å². The Morgan fingerprint density at radius 1 is 0.600 bits per heavy atom. The number of ether oxygens (including phenoxy) is 2. The van der Waals surface area contributed by atoms with E-state index in [1.807, 2.05) is 48.5 Å². The Labute approximate surface area is 174 Å². The Kier molecular flexibility index (Phi) is 5.22. The van der Waals surface area contributed by atoms with Gasteiger partial charge in [0.15, 0.2) is 23.0 Å². The third-order valence-electron chi connectivity index (χ3n) is 4.85. The van der Waals surface area contributed by atoms with Crippen molar-refractivity contribution < 1.29 is 19.7 Å². The number of aromatic hydroxyl groups is 2. The van der Waals surface area contributed by atoms with Crippen molar-refractivity contribution in [3.05, 3.63) is 73.1 Å². The van der Waals surface area contributed by atoms with Crippen molar-refractivity contribution >= 4 is 0 Å². The molecule has 0 atom stereocenters. The Hall–Kier alpha value is -4.06. The topological polar surface area (TPSA) is 84.7 Å². The molecule has 0 unspecified atom stereocenters. The number of phenolic OH excluding ortho intramolecular Hbond substituents is 2. The van der Waals surface area contributed by atoms with E-state index in [9.17, 15) is 10.2 Å². The molecule has 0 aliphatic rings. The van der Waals surface area contributed by atoms with Gasteiger partial charge in [0, 0.05) is 34.6 Å². The van der Waals surface area contributed by atoms with Gasteiger partial charge in [-0.05, 0) is 24.3 Å². The molecule has 30 heavy (non-hydrogen) atoms. The third kappa shape index (κ3) is 3.51. The fourth-order valence-electron chi connectivity index (χ4n) is 3.25. The van der Waals surface area contributed by atoms with Gasteiger partial charge >= 0.3 is 0 Å². The summed E-state index contributed by atoms with van der Waals surface area (Å²) in [5.41, 5.74) is 4.22. The zero-order chi connectivity index (χ0) is 21.1. The number of para-hydroxylation sites is 2. The second-order valence-electron chi connectivity index (χ2n) is 6.58. The molecule has 4 aromatic rings. The van der Waals surface area contributed by atoms with E-state index in [1.54, 1.807) is 24.5 Å². The molecule has 2 heterocycles. The van der Waals surface area contributed by atoms with Crippen molar-refractivity contribution in [3.8, 4) is 56.6 Å². The number of hydrogen-bond acceptors (Lipinski definition) is 6. The molecule has 0 aliphatic heterocycles. The Bertz CT molecular complexity index is 1080. The van der Waals surface area contributed by atoms with Crippen LogP contribution in [0.1, 0.15) is 0 Å². The minimum atomic E-state index is 0.0788. The van der Waals surface area contributed by atoms with E-state index in [-0.39, 0.29) is 11.5 Å². The zero-order valence-electron chi connectivity index (χ0n) is 16.5. The monoisotopic (exact) mass is 400 g/mol. The Balaban J connectivity index is 1.62. The lowest BCUT2D eigenvalue weighted by atomic mass is 10.0. The van der Waals surface area contributed by atoms with E-state index in [1.165, 1.54) is 14.2 Å². The summed E-state index contributed by atoms with van der Waals surface area (Å²) in [7, 11) is 3.03. The molecule has 2 N–H and O–H groups in total. The number of nitrogens with zero attached hydrogens (tertiary/aromatic N) is 2. The molecule has 0 bridgehead atoms. The van der Waals surface area contributed by atoms with Crippen molar-refractivity contribution in [1.82, 2.24) is 9.97 Å². The van der Waals surface area contributed by atoms with Crippen LogP contribution in [0, 0.1) is 0 Å². The van der Waals surface area contributed by atoms with Gasteiger partial charge in [-0.25, -0.2) is 0 Å². The van der Waals surface area contributed by atoms with E-state index in [0.717, 1.165) is 11.1 Å². The van der Waals surface area contributed by atoms with Crippen LogP contribution in [0.5, 0.6) is 23.0 Å². The molecule has 6 heteroatoms. The van der Waals surface area contributed by atoms with Crippen LogP contribution in [0.15, 0.2) is 73.1 Å². The summed E-state index contributed by atoms with van der Waals surface area (Å²) < 4.78 is 10.3. The van der Waals surface area contributed by atoms with Gasteiger partial charge < -0.3 is 19.7 Å². The van der Waals surface area contributed by atoms with Gasteiger partial charge in [0.2, 0.25) is 0 Å². The van der Waals surface area contributed by atoms with Crippen molar-refractivity contribution in [2.75, 3.05) is 14.2 Å². The van der Waals surface area contributed by atoms with Gasteiger partial charge in [-0.3, -0.25) is 9.97 Å². The normalized spacial score (nSPS) is 10.6. The summed E-state index contributed by atoms with van der Waals surface area (Å²) in [4.78, 5) is 8.97. The molecule has 0 amide bonds. The predicted molar refractivity (Wildman–Crippen MR) is 115 cm³/mol. The lowest BCUT2D eigenvalue weighted by Gasteiger charge is -2.10. The van der Waals surface area contributed by atoms with Crippen molar-refractivity contribution in [1.29, 1.82) is 0 Å². The summed E-state index contributed by atoms with van der Waals surface area (Å²) in [5.74, 6) is 0.981. The van der Waals surface area contributed by atoms with Gasteiger partial charge in [-0.1, -0.05) is 36.4 Å². The molecule has 0 saturated carbocycles. The first kappa shape index (κ1) is 19.3. The van der Waals surface area contributed by atoms with Gasteiger partial charge in [0.05, 0.1) is 25.6 Å². The molecule has 2 aromatic carbocycles. The average molecular weight is 400 g/mol. The maximum Gasteiger partial charge on any atom is 0.165 e. The van der Waals surface area contributed by atoms with Crippen LogP contribution in [0.2, 0.25) is 0 Å². The van der Waals surface area contributed by atoms with Gasteiger partial charge in [-0.2, -0.15) is 0 Å². The van der Waals surface area contributed by atoms with E-state index in [2.05, 4.69) is 9.97 Å². The predicted octanol–water partition coefficient (Wildman–Crippen LogP) is 4.91. The first-order valence-corrected chi connectivity index (χ1v) is 9.27. The molecule has 2 aromatic heterocycles. The molecule has 4 rings (SSSR count). The molecular formula is C24H20N2O4. The highest BCUT2D eigenvalue weighted by atomic mass is 16.5. The molecule has 0 fully saturated rings. The minimum Gasteiger partial charge on any atom is -0.504 e. The van der Waals surface area contributed by atoms with Gasteiger partial charge in [0.25, 0.3) is 0 Å². The molecule has 0 saturated heterocycles. The van der Waals surface area contributed by atoms with Gasteiger partial charge in [-0.15, -0.1) is 0 Å². The molecule has 6 nitrogen and oxygen atoms in total. The fourth-order valence-corrected chi connectivity index (χ4v) is 3.25. The summed E-state index contributed by atoms with van der Waals surface area (Å²) >= 11 is 0. The maximum absolute atomic E-state index is 10.3. The first-order chi connectivity index (χ1) is 14.6. The van der Waals surface area contributed by atoms with Crippen LogP contribution in [0.4, 0.5) is 0 Å². The van der Waals surface area contributed by atoms with Crippen molar-refractivity contribution in [3.63, 3.8) is 0 Å². The highest BCUT2D eigenvalue weighted by molar-refractivity contribution is 5.75. The number of pyridine rings is 2. The SMILES string of the molecule is COc1cccc(-c2ccc(-c3ccc(-c4cccc(OC)c4O)cn3)nc2)c1O. The number of rotatable bonds is 5. The summed E-state index contributed by atoms with van der Waals surface area (Å²) in [5, 5.41) is 20.7. The molecular weight excluding hydrogens is 380 g/mol. The second-order valence-corrected chi connectivity index (χ2v) is 6.58. The second kappa shape index (κ2) is 8.13. The highest BCUT2D eigenvalue weighted by Gasteiger charge is 2.12. The number of methoxy groups -OCH3 is 2. The van der Waals surface area contributed by atoms with Gasteiger partial charge in [0.1, 0.15) is 0 Å². The van der Waals surface area contributed by atoms with Crippen molar-refractivity contribution in [2.24, 2.45) is 0 Å². The van der Waals surface area contributed by atoms with Crippen LogP contribution in [0.25, 0.3) is 33.6 Å². The third-order valence-corrected chi connectivity index (χ3v) is 4.85. The van der Waals surface area contributed by atoms with Crippen LogP contribution < -0.4 is 9.47 Å². The number of aromatic nitrogens is 2. The van der Waals surface area contributed by atoms with E-state index in [0.29, 0.717) is 34.0 Å². The highest BCUT2D eigenvalue weighted by Crippen LogP contribution is 2.38. The van der Waals surface area contributed by atoms with Crippen molar-refractivity contribution in [2.45, 2.75) is 0 Å². The number of hydrogen-bond donors (Lipinski definition) is 2. The smallest absolute Gasteiger partial charge is 0.165 e. The summed E-state index contributed by atoms with van der Waals surface area (Å²) in [6.07, 6.45) is 3.38. The van der Waals surface area contributed by atoms with E-state index >= 15 is 0 Å². The van der Waals surface area contributed by atoms with Crippen LogP contribution in [-0.4, -0.2) is 34.4 Å². The Morgan fingerprint density at radius 3 is 1.37 bits per heavy atom. The lowest BCUT2D eigenvalue weighted by Crippen LogP contribution is -1.91. The number of phenols is 2. The fraction of sp³-hybridized carbons (Fsp3) is 0.0833. The maximum atomic E-state index is 10.3. The van der Waals surface area contributed by atoms with E-state index in [4.69, 9.17) is 9.47 Å². The molecule has 0 radical (unpaired) electrons. The minimum absolute atomic E-state index is 0.0788. The quantitative estimate of drug-likeness (QED) is 0.495. The molecule has 0 spiro atoms. The van der Waals surface area contributed by atoms with Crippen LogP contribution >= 0.6 is 0 Å².